The lowest BCUT2D eigenvalue weighted by Crippen LogP contribution is -2.21. The van der Waals surface area contributed by atoms with Crippen LogP contribution in [0.1, 0.15) is 26.2 Å². The van der Waals surface area contributed by atoms with Crippen LogP contribution in [-0.2, 0) is 4.79 Å². The Bertz CT molecular complexity index is 350. The first-order chi connectivity index (χ1) is 7.31. The van der Waals surface area contributed by atoms with Gasteiger partial charge in [-0.15, -0.1) is 0 Å². The molecule has 0 aromatic carbocycles. The highest BCUT2D eigenvalue weighted by atomic mass is 16.1. The number of hydrogen-bond acceptors (Lipinski definition) is 2. The Labute approximate surface area is 90.7 Å². The summed E-state index contributed by atoms with van der Waals surface area (Å²) in [4.78, 5) is 10.7. The van der Waals surface area contributed by atoms with Gasteiger partial charge in [-0.05, 0) is 24.8 Å². The van der Waals surface area contributed by atoms with E-state index in [1.165, 1.54) is 23.3 Å². The highest BCUT2D eigenvalue weighted by Crippen LogP contribution is 2.25. The van der Waals surface area contributed by atoms with Crippen LogP contribution in [-0.4, -0.2) is 12.8 Å². The number of hydrogen-bond donors (Lipinski definition) is 1. The molecule has 1 heterocycles. The normalized spacial score (nSPS) is 22.3. The topological polar surface area (TPSA) is 29.1 Å². The molecule has 0 bridgehead atoms. The van der Waals surface area contributed by atoms with Crippen molar-refractivity contribution in [2.45, 2.75) is 26.2 Å². The fraction of sp³-hybridized carbons (Fsp3) is 0.462. The molecule has 2 heteroatoms. The van der Waals surface area contributed by atoms with Crippen molar-refractivity contribution >= 4 is 6.29 Å². The molecule has 15 heavy (non-hydrogen) atoms. The van der Waals surface area contributed by atoms with Gasteiger partial charge in [-0.1, -0.05) is 30.7 Å². The standard InChI is InChI=1S/C13H17NO/c1-10(9-15)11-4-5-12-3-2-8-14-13(12)7-6-11/h4-5,7,9-10,14H,2-3,6,8H2,1H3. The van der Waals surface area contributed by atoms with E-state index in [4.69, 9.17) is 0 Å². The second kappa shape index (κ2) is 4.47. The number of rotatable bonds is 2. The fourth-order valence-electron chi connectivity index (χ4n) is 2.05. The minimum absolute atomic E-state index is 0.0406. The zero-order valence-corrected chi connectivity index (χ0v) is 9.12. The third-order valence-corrected chi connectivity index (χ3v) is 3.11. The Hall–Kier alpha value is -1.31. The number of nitrogens with one attached hydrogen (secondary N) is 1. The van der Waals surface area contributed by atoms with Crippen LogP contribution in [0.4, 0.5) is 0 Å². The molecule has 1 aliphatic carbocycles. The van der Waals surface area contributed by atoms with Crippen LogP contribution < -0.4 is 5.32 Å². The lowest BCUT2D eigenvalue weighted by molar-refractivity contribution is -0.109. The van der Waals surface area contributed by atoms with Gasteiger partial charge in [0.25, 0.3) is 0 Å². The van der Waals surface area contributed by atoms with Gasteiger partial charge in [0.15, 0.2) is 0 Å². The first kappa shape index (κ1) is 10.2. The number of carbonyl (C=O) groups excluding carboxylic acids is 1. The van der Waals surface area contributed by atoms with Gasteiger partial charge in [-0.2, -0.15) is 0 Å². The van der Waals surface area contributed by atoms with Crippen molar-refractivity contribution in [2.24, 2.45) is 5.92 Å². The number of carbonyl (C=O) groups is 1. The molecule has 2 rings (SSSR count). The van der Waals surface area contributed by atoms with Gasteiger partial charge >= 0.3 is 0 Å². The van der Waals surface area contributed by atoms with Crippen LogP contribution in [0.15, 0.2) is 35.1 Å². The highest BCUT2D eigenvalue weighted by molar-refractivity contribution is 5.59. The fourth-order valence-corrected chi connectivity index (χ4v) is 2.05. The molecule has 2 aliphatic rings. The first-order valence-electron chi connectivity index (χ1n) is 5.60. The maximum Gasteiger partial charge on any atom is 0.126 e. The summed E-state index contributed by atoms with van der Waals surface area (Å²) < 4.78 is 0. The Morgan fingerprint density at radius 3 is 3.13 bits per heavy atom. The minimum atomic E-state index is 0.0406. The van der Waals surface area contributed by atoms with Crippen LogP contribution in [0.3, 0.4) is 0 Å². The molecule has 2 nitrogen and oxygen atoms in total. The average Bonchev–Trinajstić information content (AvgIpc) is 2.50. The molecule has 1 fully saturated rings. The largest absolute Gasteiger partial charge is 0.385 e. The van der Waals surface area contributed by atoms with Crippen LogP contribution in [0.5, 0.6) is 0 Å². The summed E-state index contributed by atoms with van der Waals surface area (Å²) in [5.74, 6) is 0.0406. The summed E-state index contributed by atoms with van der Waals surface area (Å²) in [6.07, 6.45) is 10.8. The predicted octanol–water partition coefficient (Wildman–Crippen LogP) is 2.35. The van der Waals surface area contributed by atoms with E-state index in [0.29, 0.717) is 0 Å². The Balaban J connectivity index is 2.21. The van der Waals surface area contributed by atoms with Crippen LogP contribution in [0.2, 0.25) is 0 Å². The predicted molar refractivity (Wildman–Crippen MR) is 61.3 cm³/mol. The van der Waals surface area contributed by atoms with Crippen LogP contribution in [0, 0.1) is 5.92 Å². The van der Waals surface area contributed by atoms with Crippen molar-refractivity contribution in [3.05, 3.63) is 35.1 Å². The second-order valence-electron chi connectivity index (χ2n) is 4.21. The van der Waals surface area contributed by atoms with Crippen molar-refractivity contribution in [1.29, 1.82) is 0 Å². The average molecular weight is 203 g/mol. The molecule has 1 atom stereocenters. The lowest BCUT2D eigenvalue weighted by Gasteiger charge is -2.19. The van der Waals surface area contributed by atoms with E-state index in [2.05, 4.69) is 23.5 Å². The van der Waals surface area contributed by atoms with Crippen molar-refractivity contribution in [1.82, 2.24) is 5.32 Å². The molecular formula is C13H17NO. The van der Waals surface area contributed by atoms with Gasteiger partial charge in [0, 0.05) is 18.2 Å². The Morgan fingerprint density at radius 1 is 1.47 bits per heavy atom. The summed E-state index contributed by atoms with van der Waals surface area (Å²) in [6.45, 7) is 3.03. The molecule has 1 aliphatic heterocycles. The zero-order valence-electron chi connectivity index (χ0n) is 9.12. The second-order valence-corrected chi connectivity index (χ2v) is 4.21. The molecule has 80 valence electrons. The monoisotopic (exact) mass is 203 g/mol. The molecule has 0 aromatic heterocycles. The number of aldehydes is 1. The van der Waals surface area contributed by atoms with E-state index >= 15 is 0 Å². The number of fused-ring (bicyclic) bond motifs is 1. The van der Waals surface area contributed by atoms with Crippen molar-refractivity contribution in [3.63, 3.8) is 0 Å². The Kier molecular flexibility index (Phi) is 3.05. The number of allylic oxidation sites excluding steroid dienone is 5. The summed E-state index contributed by atoms with van der Waals surface area (Å²) >= 11 is 0. The quantitative estimate of drug-likeness (QED) is 0.698. The van der Waals surface area contributed by atoms with Gasteiger partial charge in [-0.25, -0.2) is 0 Å². The summed E-state index contributed by atoms with van der Waals surface area (Å²) in [6, 6.07) is 0. The smallest absolute Gasteiger partial charge is 0.126 e. The van der Waals surface area contributed by atoms with E-state index in [-0.39, 0.29) is 5.92 Å². The van der Waals surface area contributed by atoms with Crippen LogP contribution in [0.25, 0.3) is 0 Å². The van der Waals surface area contributed by atoms with Gasteiger partial charge in [-0.3, -0.25) is 0 Å². The SMILES string of the molecule is CC(C=O)C1=CC=C2CCCNC2=CC1. The van der Waals surface area contributed by atoms with E-state index in [1.54, 1.807) is 0 Å². The summed E-state index contributed by atoms with van der Waals surface area (Å²) in [5, 5.41) is 3.41. The first-order valence-corrected chi connectivity index (χ1v) is 5.60. The molecule has 1 N–H and O–H groups in total. The van der Waals surface area contributed by atoms with Crippen LogP contribution >= 0.6 is 0 Å². The molecule has 0 saturated carbocycles. The summed E-state index contributed by atoms with van der Waals surface area (Å²) in [7, 11) is 0. The third-order valence-electron chi connectivity index (χ3n) is 3.11. The highest BCUT2D eigenvalue weighted by Gasteiger charge is 2.14. The maximum atomic E-state index is 10.7. The van der Waals surface area contributed by atoms with Gasteiger partial charge in [0.1, 0.15) is 6.29 Å². The van der Waals surface area contributed by atoms with Crippen molar-refractivity contribution < 1.29 is 4.79 Å². The van der Waals surface area contributed by atoms with Crippen molar-refractivity contribution in [2.75, 3.05) is 6.54 Å². The molecule has 1 saturated heterocycles. The molecule has 0 amide bonds. The molecule has 0 aromatic rings. The molecule has 1 unspecified atom stereocenters. The maximum absolute atomic E-state index is 10.7. The van der Waals surface area contributed by atoms with E-state index in [0.717, 1.165) is 25.7 Å². The lowest BCUT2D eigenvalue weighted by atomic mass is 9.99. The molecule has 0 spiro atoms. The van der Waals surface area contributed by atoms with Crippen molar-refractivity contribution in [3.8, 4) is 0 Å². The number of piperidine rings is 1. The van der Waals surface area contributed by atoms with E-state index in [1.807, 2.05) is 6.92 Å². The van der Waals surface area contributed by atoms with E-state index < -0.39 is 0 Å². The van der Waals surface area contributed by atoms with Gasteiger partial charge in [0.2, 0.25) is 0 Å². The molecule has 0 radical (unpaired) electrons. The minimum Gasteiger partial charge on any atom is -0.385 e. The summed E-state index contributed by atoms with van der Waals surface area (Å²) in [5.41, 5.74) is 3.86. The molecular weight excluding hydrogens is 186 g/mol. The van der Waals surface area contributed by atoms with Gasteiger partial charge < -0.3 is 10.1 Å². The Morgan fingerprint density at radius 2 is 2.33 bits per heavy atom. The van der Waals surface area contributed by atoms with Gasteiger partial charge in [0.05, 0.1) is 0 Å². The third kappa shape index (κ3) is 2.20. The van der Waals surface area contributed by atoms with E-state index in [9.17, 15) is 4.79 Å². The zero-order chi connectivity index (χ0) is 10.7.